The fourth-order valence-electron chi connectivity index (χ4n) is 5.09. The van der Waals surface area contributed by atoms with Crippen LogP contribution in [0.25, 0.3) is 12.2 Å². The van der Waals surface area contributed by atoms with Gasteiger partial charge in [0.05, 0.1) is 6.61 Å². The predicted octanol–water partition coefficient (Wildman–Crippen LogP) is -1.02. The molecule has 0 bridgehead atoms. The van der Waals surface area contributed by atoms with Crippen molar-refractivity contribution >= 4 is 36.0 Å². The van der Waals surface area contributed by atoms with E-state index in [4.69, 9.17) is 33.2 Å². The second-order valence-electron chi connectivity index (χ2n) is 11.4. The molecule has 0 unspecified atom stereocenters. The Morgan fingerprint density at radius 3 is 1.75 bits per heavy atom. The highest BCUT2D eigenvalue weighted by atomic mass is 16.8. The highest BCUT2D eigenvalue weighted by Gasteiger charge is 2.61. The Bertz CT molecular complexity index is 1570. The molecule has 0 saturated carbocycles. The van der Waals surface area contributed by atoms with Gasteiger partial charge in [-0.15, -0.1) is 0 Å². The molecule has 2 fully saturated rings. The quantitative estimate of drug-likeness (QED) is 0.0824. The van der Waals surface area contributed by atoms with Crippen LogP contribution in [0.4, 0.5) is 0 Å². The number of esters is 4. The zero-order valence-corrected chi connectivity index (χ0v) is 27.3. The number of rotatable bonds is 13. The normalized spacial score (nSPS) is 29.2. The number of carbonyl (C=O) groups is 4. The Hall–Kier alpha value is -4.56. The van der Waals surface area contributed by atoms with Gasteiger partial charge in [0.2, 0.25) is 5.79 Å². The van der Waals surface area contributed by atoms with Crippen molar-refractivity contribution in [2.24, 2.45) is 0 Å². The van der Waals surface area contributed by atoms with Crippen molar-refractivity contribution in [1.29, 1.82) is 0 Å². The van der Waals surface area contributed by atoms with Gasteiger partial charge < -0.3 is 63.8 Å². The van der Waals surface area contributed by atoms with E-state index in [9.17, 15) is 49.8 Å². The van der Waals surface area contributed by atoms with Crippen LogP contribution in [0.1, 0.15) is 25.0 Å². The Kier molecular flexibility index (Phi) is 13.5. The van der Waals surface area contributed by atoms with E-state index >= 15 is 0 Å². The number of hydrogen-bond acceptors (Lipinski definition) is 17. The van der Waals surface area contributed by atoms with E-state index < -0.39 is 98.5 Å². The lowest BCUT2D eigenvalue weighted by atomic mass is 9.99. The molecule has 0 amide bonds. The predicted molar refractivity (Wildman–Crippen MR) is 170 cm³/mol. The number of ether oxygens (including phenoxy) is 7. The Morgan fingerprint density at radius 1 is 0.725 bits per heavy atom. The maximum absolute atomic E-state index is 13.0. The van der Waals surface area contributed by atoms with E-state index in [1.807, 2.05) is 0 Å². The van der Waals surface area contributed by atoms with E-state index in [2.05, 4.69) is 0 Å². The summed E-state index contributed by atoms with van der Waals surface area (Å²) in [5.41, 5.74) is 1.03. The van der Waals surface area contributed by atoms with Gasteiger partial charge in [-0.05, 0) is 47.5 Å². The molecule has 9 atom stereocenters. The van der Waals surface area contributed by atoms with Crippen LogP contribution in [0.15, 0.2) is 60.7 Å². The molecule has 2 aromatic rings. The Balaban J connectivity index is 1.50. The highest BCUT2D eigenvalue weighted by molar-refractivity contribution is 5.88. The third-order valence-corrected chi connectivity index (χ3v) is 7.60. The van der Waals surface area contributed by atoms with Crippen LogP contribution in [0.2, 0.25) is 0 Å². The topological polar surface area (TPSA) is 254 Å². The summed E-state index contributed by atoms with van der Waals surface area (Å²) >= 11 is 0. The van der Waals surface area contributed by atoms with Gasteiger partial charge in [0.15, 0.2) is 12.4 Å². The summed E-state index contributed by atoms with van der Waals surface area (Å²) in [5, 5.41) is 62.3. The van der Waals surface area contributed by atoms with Gasteiger partial charge in [-0.3, -0.25) is 9.59 Å². The Labute approximate surface area is 290 Å². The molecule has 6 N–H and O–H groups in total. The van der Waals surface area contributed by atoms with E-state index in [-0.39, 0.29) is 5.75 Å². The van der Waals surface area contributed by atoms with Crippen LogP contribution in [0.5, 0.6) is 11.5 Å². The first kappa shape index (κ1) is 39.2. The molecule has 2 saturated heterocycles. The molecule has 2 heterocycles. The molecule has 276 valence electrons. The van der Waals surface area contributed by atoms with Gasteiger partial charge >= 0.3 is 23.9 Å². The van der Waals surface area contributed by atoms with Gasteiger partial charge in [-0.25, -0.2) is 9.59 Å². The molecule has 2 aromatic carbocycles. The SMILES string of the molecule is CC(=O)Oc1ccc(/C=C/C(=O)OC[C@H]2O[C@@](CO)(O[C@H]3O[C@H](CO)[C@@H](O)[C@H](O)[C@H]3O)[C@@H](OC(=O)/C=C/c3ccc(OC(C)=O)cc3)[C@@H]2O)cc1. The second kappa shape index (κ2) is 17.6. The van der Waals surface area contributed by atoms with Crippen molar-refractivity contribution in [2.45, 2.75) is 68.7 Å². The standard InChI is InChI=1S/C34H38O17/c1-18(37)46-22-9-3-20(4-10-22)7-13-26(39)45-16-25-29(42)32(49-27(40)14-8-21-5-11-23(12-6-21)47-19(2)38)34(17-36,50-25)51-33-31(44)30(43)28(41)24(15-35)48-33/h3-14,24-25,28-33,35-36,41-44H,15-17H2,1-2H3/b13-7+,14-8+/t24-,25-,28-,29-,30+,31-,32+,33-,34+/m1/s1. The summed E-state index contributed by atoms with van der Waals surface area (Å²) < 4.78 is 37.4. The smallest absolute Gasteiger partial charge is 0.331 e. The van der Waals surface area contributed by atoms with E-state index in [1.165, 1.54) is 62.4 Å². The minimum absolute atomic E-state index is 0.267. The number of carbonyl (C=O) groups excluding carboxylic acids is 4. The van der Waals surface area contributed by atoms with Crippen LogP contribution in [-0.2, 0) is 42.9 Å². The molecule has 0 radical (unpaired) electrons. The zero-order valence-electron chi connectivity index (χ0n) is 27.3. The third kappa shape index (κ3) is 10.3. The first-order valence-electron chi connectivity index (χ1n) is 15.5. The van der Waals surface area contributed by atoms with Crippen LogP contribution in [0.3, 0.4) is 0 Å². The van der Waals surface area contributed by atoms with Crippen molar-refractivity contribution in [3.8, 4) is 11.5 Å². The van der Waals surface area contributed by atoms with Crippen LogP contribution in [0, 0.1) is 0 Å². The third-order valence-electron chi connectivity index (χ3n) is 7.60. The molecule has 17 heteroatoms. The van der Waals surface area contributed by atoms with Crippen molar-refractivity contribution in [2.75, 3.05) is 19.8 Å². The lowest BCUT2D eigenvalue weighted by molar-refractivity contribution is -0.383. The van der Waals surface area contributed by atoms with Gasteiger partial charge in [0.25, 0.3) is 0 Å². The molecule has 0 aliphatic carbocycles. The van der Waals surface area contributed by atoms with Crippen molar-refractivity contribution < 1.29 is 83.0 Å². The second-order valence-corrected chi connectivity index (χ2v) is 11.4. The van der Waals surface area contributed by atoms with Crippen molar-refractivity contribution in [3.63, 3.8) is 0 Å². The summed E-state index contributed by atoms with van der Waals surface area (Å²) in [6, 6.07) is 12.2. The van der Waals surface area contributed by atoms with Gasteiger partial charge in [0.1, 0.15) is 61.3 Å². The largest absolute Gasteiger partial charge is 0.460 e. The number of benzene rings is 2. The average Bonchev–Trinajstić information content (AvgIpc) is 3.36. The van der Waals surface area contributed by atoms with Crippen LogP contribution in [-0.4, -0.2) is 129 Å². The summed E-state index contributed by atoms with van der Waals surface area (Å²) in [4.78, 5) is 47.7. The summed E-state index contributed by atoms with van der Waals surface area (Å²) in [6.07, 6.45) is -9.37. The Morgan fingerprint density at radius 2 is 1.25 bits per heavy atom. The lowest BCUT2D eigenvalue weighted by Gasteiger charge is -2.43. The van der Waals surface area contributed by atoms with E-state index in [0.717, 1.165) is 12.2 Å². The van der Waals surface area contributed by atoms with Crippen molar-refractivity contribution in [3.05, 3.63) is 71.8 Å². The van der Waals surface area contributed by atoms with Crippen LogP contribution >= 0.6 is 0 Å². The number of aliphatic hydroxyl groups is 6. The molecular weight excluding hydrogens is 680 g/mol. The molecular formula is C34H38O17. The van der Waals surface area contributed by atoms with Crippen molar-refractivity contribution in [1.82, 2.24) is 0 Å². The highest BCUT2D eigenvalue weighted by Crippen LogP contribution is 2.38. The zero-order chi connectivity index (χ0) is 37.3. The minimum Gasteiger partial charge on any atom is -0.460 e. The lowest BCUT2D eigenvalue weighted by Crippen LogP contribution is -2.63. The van der Waals surface area contributed by atoms with Gasteiger partial charge in [-0.1, -0.05) is 24.3 Å². The average molecular weight is 719 g/mol. The minimum atomic E-state index is -2.50. The summed E-state index contributed by atoms with van der Waals surface area (Å²) in [6.45, 7) is -0.128. The molecule has 2 aliphatic rings. The molecule has 4 rings (SSSR count). The molecule has 51 heavy (non-hydrogen) atoms. The molecule has 0 spiro atoms. The fraction of sp³-hybridized carbons (Fsp3) is 0.412. The maximum Gasteiger partial charge on any atom is 0.331 e. The number of hydrogen-bond donors (Lipinski definition) is 6. The van der Waals surface area contributed by atoms with Gasteiger partial charge in [0, 0.05) is 26.0 Å². The summed E-state index contributed by atoms with van der Waals surface area (Å²) in [5.74, 6) is -4.91. The van der Waals surface area contributed by atoms with Gasteiger partial charge in [-0.2, -0.15) is 0 Å². The molecule has 17 nitrogen and oxygen atoms in total. The van der Waals surface area contributed by atoms with Crippen LogP contribution < -0.4 is 9.47 Å². The van der Waals surface area contributed by atoms with E-state index in [0.29, 0.717) is 16.9 Å². The number of aliphatic hydroxyl groups excluding tert-OH is 6. The maximum atomic E-state index is 13.0. The fourth-order valence-corrected chi connectivity index (χ4v) is 5.09. The first-order chi connectivity index (χ1) is 24.2. The molecule has 2 aliphatic heterocycles. The summed E-state index contributed by atoms with van der Waals surface area (Å²) in [7, 11) is 0. The monoisotopic (exact) mass is 718 g/mol. The first-order valence-corrected chi connectivity index (χ1v) is 15.5. The molecule has 0 aromatic heterocycles. The van der Waals surface area contributed by atoms with E-state index in [1.54, 1.807) is 12.1 Å².